The zero-order valence-electron chi connectivity index (χ0n) is 22.8. The molecule has 0 N–H and O–H groups in total. The molecule has 0 atom stereocenters. The molecule has 0 aliphatic carbocycles. The van der Waals surface area contributed by atoms with Crippen molar-refractivity contribution in [2.45, 2.75) is 0 Å². The second kappa shape index (κ2) is 8.92. The smallest absolute Gasteiger partial charge is 0.0963 e. The Morgan fingerprint density at radius 3 is 1.98 bits per heavy atom. The Morgan fingerprint density at radius 2 is 1.12 bits per heavy atom. The van der Waals surface area contributed by atoms with Crippen molar-refractivity contribution in [3.05, 3.63) is 152 Å². The van der Waals surface area contributed by atoms with Gasteiger partial charge in [0.1, 0.15) is 0 Å². The van der Waals surface area contributed by atoms with E-state index < -0.39 is 0 Å². The van der Waals surface area contributed by atoms with Crippen molar-refractivity contribution in [1.29, 1.82) is 0 Å². The molecule has 0 unspecified atom stereocenters. The first-order valence-electron chi connectivity index (χ1n) is 14.3. The van der Waals surface area contributed by atoms with Gasteiger partial charge in [-0.1, -0.05) is 103 Å². The average molecular weight is 536 g/mol. The van der Waals surface area contributed by atoms with Crippen molar-refractivity contribution in [2.24, 2.45) is 0 Å². The Morgan fingerprint density at radius 1 is 0.429 bits per heavy atom. The first-order chi connectivity index (χ1) is 20.8. The van der Waals surface area contributed by atoms with Crippen LogP contribution in [-0.4, -0.2) is 14.1 Å². The topological polar surface area (TPSA) is 22.8 Å². The first-order valence-corrected chi connectivity index (χ1v) is 14.3. The van der Waals surface area contributed by atoms with E-state index in [-0.39, 0.29) is 0 Å². The molecule has 3 heterocycles. The summed E-state index contributed by atoms with van der Waals surface area (Å²) < 4.78 is 4.75. The molecule has 3 nitrogen and oxygen atoms in total. The second-order valence-corrected chi connectivity index (χ2v) is 10.9. The van der Waals surface area contributed by atoms with E-state index in [1.807, 2.05) is 6.20 Å². The number of rotatable bonds is 3. The van der Waals surface area contributed by atoms with Gasteiger partial charge in [-0.2, -0.15) is 0 Å². The van der Waals surface area contributed by atoms with Crippen molar-refractivity contribution in [2.75, 3.05) is 0 Å². The fraction of sp³-hybridized carbons (Fsp3) is 0. The van der Waals surface area contributed by atoms with Crippen LogP contribution in [-0.2, 0) is 0 Å². The molecule has 3 aromatic heterocycles. The van der Waals surface area contributed by atoms with Crippen LogP contribution < -0.4 is 0 Å². The summed E-state index contributed by atoms with van der Waals surface area (Å²) in [7, 11) is 0. The van der Waals surface area contributed by atoms with E-state index in [1.165, 1.54) is 32.6 Å². The molecule has 0 fully saturated rings. The summed E-state index contributed by atoms with van der Waals surface area (Å²) in [6, 6.07) is 52.1. The van der Waals surface area contributed by atoms with Crippen LogP contribution in [0.3, 0.4) is 0 Å². The van der Waals surface area contributed by atoms with Gasteiger partial charge in [0, 0.05) is 44.9 Å². The molecule has 6 aromatic carbocycles. The summed E-state index contributed by atoms with van der Waals surface area (Å²) in [6.07, 6.45) is 2.04. The van der Waals surface area contributed by atoms with Gasteiger partial charge in [0.15, 0.2) is 0 Å². The van der Waals surface area contributed by atoms with E-state index in [1.54, 1.807) is 0 Å². The number of fused-ring (bicyclic) bond motifs is 7. The molecule has 9 aromatic rings. The van der Waals surface area contributed by atoms with Crippen LogP contribution in [0.15, 0.2) is 152 Å². The largest absolute Gasteiger partial charge is 0.309 e. The molecule has 0 saturated carbocycles. The fourth-order valence-electron chi connectivity index (χ4n) is 6.67. The number of aromatic nitrogens is 3. The van der Waals surface area contributed by atoms with Gasteiger partial charge in [-0.05, 0) is 53.2 Å². The lowest BCUT2D eigenvalue weighted by Crippen LogP contribution is -1.96. The zero-order chi connectivity index (χ0) is 27.6. The molecule has 0 saturated heterocycles. The minimum Gasteiger partial charge on any atom is -0.309 e. The summed E-state index contributed by atoms with van der Waals surface area (Å²) in [6.45, 7) is 0. The predicted molar refractivity (Wildman–Crippen MR) is 176 cm³/mol. The standard InChI is InChI=1S/C39H25N3/c1-2-13-29(14-3-1)41-36-20-9-7-16-34(36)38-37(41)24-28(25-40-38)31-17-10-18-33-32-15-6-8-19-35(32)42(39(31)33)30-22-21-26-11-4-5-12-27(26)23-30/h1-25H. The highest BCUT2D eigenvalue weighted by atomic mass is 15.0. The molecule has 0 radical (unpaired) electrons. The van der Waals surface area contributed by atoms with Crippen LogP contribution in [0.2, 0.25) is 0 Å². The van der Waals surface area contributed by atoms with Gasteiger partial charge in [-0.3, -0.25) is 4.98 Å². The molecule has 0 amide bonds. The lowest BCUT2D eigenvalue weighted by Gasteiger charge is -2.13. The summed E-state index contributed by atoms with van der Waals surface area (Å²) in [5.74, 6) is 0. The van der Waals surface area contributed by atoms with E-state index >= 15 is 0 Å². The predicted octanol–water partition coefficient (Wildman–Crippen LogP) is 10.1. The van der Waals surface area contributed by atoms with E-state index in [4.69, 9.17) is 4.98 Å². The molecule has 3 heteroatoms. The van der Waals surface area contributed by atoms with E-state index in [0.29, 0.717) is 0 Å². The van der Waals surface area contributed by atoms with Crippen molar-refractivity contribution < 1.29 is 0 Å². The number of hydrogen-bond acceptors (Lipinski definition) is 1. The molecule has 0 aliphatic heterocycles. The number of hydrogen-bond donors (Lipinski definition) is 0. The average Bonchev–Trinajstić information content (AvgIpc) is 3.58. The maximum absolute atomic E-state index is 5.11. The van der Waals surface area contributed by atoms with E-state index in [0.717, 1.165) is 44.4 Å². The Hall–Kier alpha value is -5.67. The van der Waals surface area contributed by atoms with Gasteiger partial charge in [0.2, 0.25) is 0 Å². The van der Waals surface area contributed by atoms with Gasteiger partial charge in [-0.15, -0.1) is 0 Å². The van der Waals surface area contributed by atoms with Gasteiger partial charge < -0.3 is 9.13 Å². The zero-order valence-corrected chi connectivity index (χ0v) is 22.8. The van der Waals surface area contributed by atoms with Gasteiger partial charge >= 0.3 is 0 Å². The molecule has 0 spiro atoms. The van der Waals surface area contributed by atoms with E-state index in [2.05, 4.69) is 155 Å². The van der Waals surface area contributed by atoms with Gasteiger partial charge in [-0.25, -0.2) is 0 Å². The third-order valence-electron chi connectivity index (χ3n) is 8.52. The lowest BCUT2D eigenvalue weighted by atomic mass is 10.0. The van der Waals surface area contributed by atoms with Gasteiger partial charge in [0.25, 0.3) is 0 Å². The second-order valence-electron chi connectivity index (χ2n) is 10.9. The first kappa shape index (κ1) is 23.1. The molecule has 0 bridgehead atoms. The molecule has 42 heavy (non-hydrogen) atoms. The van der Waals surface area contributed by atoms with Crippen molar-refractivity contribution in [3.63, 3.8) is 0 Å². The van der Waals surface area contributed by atoms with Crippen LogP contribution in [0.5, 0.6) is 0 Å². The third kappa shape index (κ3) is 3.31. The normalized spacial score (nSPS) is 11.8. The minimum atomic E-state index is 1.01. The summed E-state index contributed by atoms with van der Waals surface area (Å²) in [5, 5.41) is 6.11. The highest BCUT2D eigenvalue weighted by Gasteiger charge is 2.19. The Bertz CT molecular complexity index is 2460. The molecule has 196 valence electrons. The van der Waals surface area contributed by atoms with Crippen molar-refractivity contribution >= 4 is 54.5 Å². The maximum Gasteiger partial charge on any atom is 0.0963 e. The van der Waals surface area contributed by atoms with Crippen molar-refractivity contribution in [1.82, 2.24) is 14.1 Å². The number of benzene rings is 6. The molecule has 0 aliphatic rings. The quantitative estimate of drug-likeness (QED) is 0.221. The maximum atomic E-state index is 5.11. The van der Waals surface area contributed by atoms with E-state index in [9.17, 15) is 0 Å². The third-order valence-corrected chi connectivity index (χ3v) is 8.52. The Kier molecular flexibility index (Phi) is 4.90. The van der Waals surface area contributed by atoms with Crippen LogP contribution in [0, 0.1) is 0 Å². The highest BCUT2D eigenvalue weighted by Crippen LogP contribution is 2.40. The number of pyridine rings is 1. The summed E-state index contributed by atoms with van der Waals surface area (Å²) in [5.41, 5.74) is 10.2. The minimum absolute atomic E-state index is 1.01. The Labute approximate surface area is 242 Å². The monoisotopic (exact) mass is 535 g/mol. The van der Waals surface area contributed by atoms with Crippen molar-refractivity contribution in [3.8, 4) is 22.5 Å². The Balaban J connectivity index is 1.37. The SMILES string of the molecule is c1ccc(-n2c3ccccc3c3ncc(-c4cccc5c6ccccc6n(-c6ccc7ccccc7c6)c45)cc32)cc1. The molecular weight excluding hydrogens is 510 g/mol. The van der Waals surface area contributed by atoms with Crippen LogP contribution in [0.1, 0.15) is 0 Å². The fourth-order valence-corrected chi connectivity index (χ4v) is 6.67. The van der Waals surface area contributed by atoms with Crippen LogP contribution in [0.4, 0.5) is 0 Å². The number of para-hydroxylation sites is 4. The lowest BCUT2D eigenvalue weighted by molar-refractivity contribution is 1.17. The summed E-state index contributed by atoms with van der Waals surface area (Å²) >= 11 is 0. The van der Waals surface area contributed by atoms with Crippen LogP contribution in [0.25, 0.3) is 77.0 Å². The highest BCUT2D eigenvalue weighted by molar-refractivity contribution is 6.15. The molecular formula is C39H25N3. The van der Waals surface area contributed by atoms with Gasteiger partial charge in [0.05, 0.1) is 27.6 Å². The van der Waals surface area contributed by atoms with Crippen LogP contribution >= 0.6 is 0 Å². The summed E-state index contributed by atoms with van der Waals surface area (Å²) in [4.78, 5) is 5.11. The number of nitrogens with zero attached hydrogens (tertiary/aromatic N) is 3. The molecule has 9 rings (SSSR count).